The topological polar surface area (TPSA) is 98.3 Å². The largest absolute Gasteiger partial charge is 0.497 e. The molecule has 1 fully saturated rings. The van der Waals surface area contributed by atoms with Crippen molar-refractivity contribution in [3.05, 3.63) is 84.1 Å². The number of benzene rings is 2. The Morgan fingerprint density at radius 3 is 2.50 bits per heavy atom. The molecule has 3 N–H and O–H groups in total. The van der Waals surface area contributed by atoms with Gasteiger partial charge in [-0.15, -0.1) is 5.10 Å². The molecule has 1 aliphatic rings. The summed E-state index contributed by atoms with van der Waals surface area (Å²) in [6, 6.07) is 21.3. The maximum atomic E-state index is 13.0. The molecule has 0 unspecified atom stereocenters. The van der Waals surface area contributed by atoms with Crippen LogP contribution in [0.2, 0.25) is 0 Å². The molecule has 0 saturated carbocycles. The minimum Gasteiger partial charge on any atom is -0.497 e. The fourth-order valence-corrected chi connectivity index (χ4v) is 4.68. The lowest BCUT2D eigenvalue weighted by Gasteiger charge is -2.30. The number of carbonyl (C=O) groups is 1. The van der Waals surface area contributed by atoms with Crippen molar-refractivity contribution in [2.75, 3.05) is 37.8 Å². The molecule has 1 aliphatic heterocycles. The predicted octanol–water partition coefficient (Wildman–Crippen LogP) is 5.05. The molecule has 5 rings (SSSR count). The van der Waals surface area contributed by atoms with Crippen LogP contribution in [0.25, 0.3) is 17.1 Å². The maximum absolute atomic E-state index is 13.0. The number of carbonyl (C=O) groups excluding carboxylic acids is 1. The van der Waals surface area contributed by atoms with Crippen molar-refractivity contribution >= 4 is 17.4 Å². The second-order valence-electron chi connectivity index (χ2n) is 9.91. The lowest BCUT2D eigenvalue weighted by Crippen LogP contribution is -2.34. The fraction of sp³-hybridized carbons (Fsp3) is 0.300. The van der Waals surface area contributed by atoms with Crippen LogP contribution >= 0.6 is 0 Å². The first kappa shape index (κ1) is 25.5. The number of nitrogens with two attached hydrogens (primary N) is 1. The Morgan fingerprint density at radius 1 is 1.05 bits per heavy atom. The van der Waals surface area contributed by atoms with Crippen LogP contribution in [-0.4, -0.2) is 52.3 Å². The van der Waals surface area contributed by atoms with E-state index in [1.807, 2.05) is 54.6 Å². The normalized spacial score (nSPS) is 14.4. The van der Waals surface area contributed by atoms with Crippen LogP contribution < -0.4 is 15.8 Å². The molecular weight excluding hydrogens is 476 g/mol. The molecular formula is C30H34N6O2. The van der Waals surface area contributed by atoms with Gasteiger partial charge in [-0.25, -0.2) is 9.67 Å². The highest BCUT2D eigenvalue weighted by Crippen LogP contribution is 2.23. The molecule has 0 bridgehead atoms. The molecule has 0 radical (unpaired) electrons. The van der Waals surface area contributed by atoms with Crippen LogP contribution in [0.5, 0.6) is 5.75 Å². The zero-order chi connectivity index (χ0) is 26.5. The number of amides is 1. The zero-order valence-corrected chi connectivity index (χ0v) is 21.9. The van der Waals surface area contributed by atoms with E-state index in [9.17, 15) is 4.79 Å². The molecule has 1 saturated heterocycles. The van der Waals surface area contributed by atoms with Crippen LogP contribution in [0.3, 0.4) is 0 Å². The number of methoxy groups -OCH3 is 1. The van der Waals surface area contributed by atoms with Crippen molar-refractivity contribution in [2.45, 2.75) is 26.2 Å². The van der Waals surface area contributed by atoms with Crippen molar-refractivity contribution in [3.8, 4) is 22.8 Å². The highest BCUT2D eigenvalue weighted by Gasteiger charge is 2.17. The zero-order valence-electron chi connectivity index (χ0n) is 21.9. The third kappa shape index (κ3) is 6.03. The predicted molar refractivity (Wildman–Crippen MR) is 151 cm³/mol. The quantitative estimate of drug-likeness (QED) is 0.344. The highest BCUT2D eigenvalue weighted by atomic mass is 16.5. The SMILES string of the molecule is COc1ccc(-c2cccc(-n3cc(C(=O)Nc4ccc(CCN5CCC(C)CC5)cc4)c(N)n3)n2)cc1. The number of aromatic nitrogens is 3. The summed E-state index contributed by atoms with van der Waals surface area (Å²) in [5.74, 6) is 2.02. The van der Waals surface area contributed by atoms with Crippen LogP contribution in [0.4, 0.5) is 11.5 Å². The van der Waals surface area contributed by atoms with E-state index in [2.05, 4.69) is 34.4 Å². The summed E-state index contributed by atoms with van der Waals surface area (Å²) in [7, 11) is 1.64. The van der Waals surface area contributed by atoms with E-state index < -0.39 is 0 Å². The first-order chi connectivity index (χ1) is 18.5. The molecule has 1 amide bonds. The van der Waals surface area contributed by atoms with Crippen molar-refractivity contribution < 1.29 is 9.53 Å². The number of hydrogen-bond donors (Lipinski definition) is 2. The van der Waals surface area contributed by atoms with E-state index in [4.69, 9.17) is 15.5 Å². The summed E-state index contributed by atoms with van der Waals surface area (Å²) >= 11 is 0. The Labute approximate surface area is 223 Å². The Hall–Kier alpha value is -4.17. The molecule has 2 aromatic heterocycles. The number of likely N-dealkylation sites (tertiary alicyclic amines) is 1. The third-order valence-electron chi connectivity index (χ3n) is 7.15. The van der Waals surface area contributed by atoms with Crippen molar-refractivity contribution in [1.29, 1.82) is 0 Å². The molecule has 38 heavy (non-hydrogen) atoms. The molecule has 3 heterocycles. The van der Waals surface area contributed by atoms with Crippen LogP contribution in [0.15, 0.2) is 72.9 Å². The molecule has 8 heteroatoms. The first-order valence-corrected chi connectivity index (χ1v) is 13.1. The lowest BCUT2D eigenvalue weighted by atomic mass is 9.99. The molecule has 0 spiro atoms. The van der Waals surface area contributed by atoms with Gasteiger partial charge in [0.2, 0.25) is 0 Å². The van der Waals surface area contributed by atoms with Crippen LogP contribution in [-0.2, 0) is 6.42 Å². The number of nitrogens with zero attached hydrogens (tertiary/aromatic N) is 4. The number of anilines is 2. The van der Waals surface area contributed by atoms with Gasteiger partial charge in [-0.3, -0.25) is 4.79 Å². The second kappa shape index (κ2) is 11.5. The fourth-order valence-electron chi connectivity index (χ4n) is 4.68. The maximum Gasteiger partial charge on any atom is 0.261 e. The van der Waals surface area contributed by atoms with E-state index in [0.717, 1.165) is 41.6 Å². The molecule has 196 valence electrons. The van der Waals surface area contributed by atoms with Gasteiger partial charge < -0.3 is 20.7 Å². The number of hydrogen-bond acceptors (Lipinski definition) is 6. The van der Waals surface area contributed by atoms with E-state index in [1.165, 1.54) is 36.2 Å². The number of pyridine rings is 1. The van der Waals surface area contributed by atoms with Gasteiger partial charge in [0.05, 0.1) is 12.8 Å². The highest BCUT2D eigenvalue weighted by molar-refractivity contribution is 6.07. The third-order valence-corrected chi connectivity index (χ3v) is 7.15. The average molecular weight is 511 g/mol. The van der Waals surface area contributed by atoms with Crippen molar-refractivity contribution in [3.63, 3.8) is 0 Å². The van der Waals surface area contributed by atoms with E-state index in [-0.39, 0.29) is 11.7 Å². The number of rotatable bonds is 8. The molecule has 4 aromatic rings. The minimum absolute atomic E-state index is 0.145. The average Bonchev–Trinajstić information content (AvgIpc) is 3.35. The molecule has 8 nitrogen and oxygen atoms in total. The number of piperidine rings is 1. The molecule has 0 atom stereocenters. The Morgan fingerprint density at radius 2 is 1.79 bits per heavy atom. The smallest absolute Gasteiger partial charge is 0.261 e. The number of ether oxygens (including phenoxy) is 1. The Bertz CT molecular complexity index is 1370. The number of nitrogens with one attached hydrogen (secondary N) is 1. The van der Waals surface area contributed by atoms with E-state index in [1.54, 1.807) is 13.3 Å². The second-order valence-corrected chi connectivity index (χ2v) is 9.91. The van der Waals surface area contributed by atoms with Gasteiger partial charge >= 0.3 is 0 Å². The van der Waals surface area contributed by atoms with Gasteiger partial charge in [-0.1, -0.05) is 25.1 Å². The van der Waals surface area contributed by atoms with Gasteiger partial charge in [0.25, 0.3) is 5.91 Å². The van der Waals surface area contributed by atoms with E-state index in [0.29, 0.717) is 11.4 Å². The molecule has 2 aromatic carbocycles. The molecule has 0 aliphatic carbocycles. The summed E-state index contributed by atoms with van der Waals surface area (Å²) in [5, 5.41) is 7.27. The van der Waals surface area contributed by atoms with Gasteiger partial charge in [-0.05, 0) is 92.4 Å². The van der Waals surface area contributed by atoms with Crippen molar-refractivity contribution in [2.24, 2.45) is 5.92 Å². The Kier molecular flexibility index (Phi) is 7.70. The van der Waals surface area contributed by atoms with E-state index >= 15 is 0 Å². The summed E-state index contributed by atoms with van der Waals surface area (Å²) < 4.78 is 6.76. The Balaban J connectivity index is 1.22. The van der Waals surface area contributed by atoms with Crippen LogP contribution in [0.1, 0.15) is 35.7 Å². The monoisotopic (exact) mass is 510 g/mol. The van der Waals surface area contributed by atoms with Crippen molar-refractivity contribution in [1.82, 2.24) is 19.7 Å². The summed E-state index contributed by atoms with van der Waals surface area (Å²) in [5.41, 5.74) is 10.1. The van der Waals surface area contributed by atoms with Gasteiger partial charge in [-0.2, -0.15) is 0 Å². The first-order valence-electron chi connectivity index (χ1n) is 13.1. The number of nitrogen functional groups attached to an aromatic ring is 1. The van der Waals surface area contributed by atoms with Gasteiger partial charge in [0.1, 0.15) is 11.3 Å². The minimum atomic E-state index is -0.310. The summed E-state index contributed by atoms with van der Waals surface area (Å²) in [4.78, 5) is 20.2. The van der Waals surface area contributed by atoms with Gasteiger partial charge in [0, 0.05) is 24.0 Å². The summed E-state index contributed by atoms with van der Waals surface area (Å²) in [6.07, 6.45) is 5.19. The summed E-state index contributed by atoms with van der Waals surface area (Å²) in [6.45, 7) is 5.78. The van der Waals surface area contributed by atoms with Crippen LogP contribution in [0, 0.1) is 5.92 Å². The lowest BCUT2D eigenvalue weighted by molar-refractivity contribution is 0.102. The standard InChI is InChI=1S/C30H34N6O2/c1-21-14-17-35(18-15-21)19-16-22-6-10-24(11-7-22)32-30(37)26-20-36(34-29(26)31)28-5-3-4-27(33-28)23-8-12-25(38-2)13-9-23/h3-13,20-21H,14-19H2,1-2H3,(H2,31,34)(H,32,37). The van der Waals surface area contributed by atoms with Gasteiger partial charge in [0.15, 0.2) is 11.6 Å².